The molecule has 5 nitrogen and oxygen atoms in total. The Morgan fingerprint density at radius 1 is 1.14 bits per heavy atom. The van der Waals surface area contributed by atoms with Gasteiger partial charge >= 0.3 is 0 Å². The fourth-order valence-electron chi connectivity index (χ4n) is 1.82. The van der Waals surface area contributed by atoms with E-state index >= 15 is 0 Å². The normalized spacial score (nSPS) is 11.2. The number of nitrogens with two attached hydrogens (primary N) is 1. The van der Waals surface area contributed by atoms with Gasteiger partial charge in [-0.3, -0.25) is 4.72 Å². The van der Waals surface area contributed by atoms with E-state index in [1.807, 2.05) is 25.1 Å². The molecule has 0 aliphatic heterocycles. The van der Waals surface area contributed by atoms with E-state index in [-0.39, 0.29) is 10.6 Å². The number of nitrogens with one attached hydrogen (secondary N) is 1. The number of hydrogen-bond acceptors (Lipinski definition) is 4. The third-order valence-electron chi connectivity index (χ3n) is 2.88. The molecule has 0 radical (unpaired) electrons. The van der Waals surface area contributed by atoms with Gasteiger partial charge in [-0.25, -0.2) is 12.8 Å². The molecule has 0 atom stereocenters. The van der Waals surface area contributed by atoms with Crippen molar-refractivity contribution in [2.45, 2.75) is 4.90 Å². The number of nitrogen functional groups attached to an aromatic ring is 1. The van der Waals surface area contributed by atoms with Crippen LogP contribution in [0.15, 0.2) is 47.4 Å². The molecule has 0 aliphatic carbocycles. The molecule has 0 aromatic heterocycles. The molecule has 0 amide bonds. The second-order valence-corrected chi connectivity index (χ2v) is 6.38. The first kappa shape index (κ1) is 15.1. The molecule has 0 heterocycles. The number of nitrogens with zero attached hydrogens (tertiary/aromatic N) is 1. The lowest BCUT2D eigenvalue weighted by molar-refractivity contribution is 0.600. The lowest BCUT2D eigenvalue weighted by Gasteiger charge is -2.15. The van der Waals surface area contributed by atoms with Gasteiger partial charge in [-0.1, -0.05) is 6.07 Å². The summed E-state index contributed by atoms with van der Waals surface area (Å²) in [6, 6.07) is 10.1. The van der Waals surface area contributed by atoms with Crippen molar-refractivity contribution in [3.05, 3.63) is 48.3 Å². The van der Waals surface area contributed by atoms with E-state index in [1.165, 1.54) is 0 Å². The molecule has 2 aromatic carbocycles. The Morgan fingerprint density at radius 3 is 2.48 bits per heavy atom. The molecule has 3 N–H and O–H groups in total. The molecule has 0 fully saturated rings. The predicted molar refractivity (Wildman–Crippen MR) is 82.4 cm³/mol. The maximum Gasteiger partial charge on any atom is 0.263 e. The average molecular weight is 309 g/mol. The zero-order chi connectivity index (χ0) is 15.6. The van der Waals surface area contributed by atoms with Crippen molar-refractivity contribution in [1.29, 1.82) is 0 Å². The number of hydrogen-bond donors (Lipinski definition) is 2. The van der Waals surface area contributed by atoms with Crippen LogP contribution in [-0.4, -0.2) is 22.5 Å². The summed E-state index contributed by atoms with van der Waals surface area (Å²) < 4.78 is 40.0. The van der Waals surface area contributed by atoms with Gasteiger partial charge in [0.15, 0.2) is 0 Å². The summed E-state index contributed by atoms with van der Waals surface area (Å²) in [5.41, 5.74) is 6.70. The Labute approximate surface area is 123 Å². The average Bonchev–Trinajstić information content (AvgIpc) is 2.37. The fraction of sp³-hybridized carbons (Fsp3) is 0.143. The number of anilines is 3. The second-order valence-electron chi connectivity index (χ2n) is 4.73. The molecule has 0 aliphatic rings. The van der Waals surface area contributed by atoms with Crippen LogP contribution in [0.1, 0.15) is 0 Å². The minimum Gasteiger partial charge on any atom is -0.398 e. The van der Waals surface area contributed by atoms with E-state index < -0.39 is 15.8 Å². The lowest BCUT2D eigenvalue weighted by atomic mass is 10.3. The summed E-state index contributed by atoms with van der Waals surface area (Å²) in [5.74, 6) is -0.582. The minimum atomic E-state index is -3.86. The SMILES string of the molecule is CN(C)c1cccc(NS(=O)(=O)c2ccc(F)cc2N)c1. The molecule has 0 unspecified atom stereocenters. The third-order valence-corrected chi connectivity index (χ3v) is 4.33. The quantitative estimate of drug-likeness (QED) is 0.850. The highest BCUT2D eigenvalue weighted by molar-refractivity contribution is 7.92. The van der Waals surface area contributed by atoms with Crippen molar-refractivity contribution < 1.29 is 12.8 Å². The molecule has 2 aromatic rings. The van der Waals surface area contributed by atoms with Gasteiger partial charge in [0.25, 0.3) is 10.0 Å². The number of benzene rings is 2. The first-order valence-electron chi connectivity index (χ1n) is 6.15. The maximum atomic E-state index is 13.0. The molecule has 21 heavy (non-hydrogen) atoms. The van der Waals surface area contributed by atoms with Gasteiger partial charge in [-0.15, -0.1) is 0 Å². The molecule has 7 heteroatoms. The van der Waals surface area contributed by atoms with Gasteiger partial charge in [0, 0.05) is 19.8 Å². The zero-order valence-corrected chi connectivity index (χ0v) is 12.5. The van der Waals surface area contributed by atoms with Crippen LogP contribution in [0.2, 0.25) is 0 Å². The molecular weight excluding hydrogens is 293 g/mol. The van der Waals surface area contributed by atoms with E-state index in [0.717, 1.165) is 23.9 Å². The van der Waals surface area contributed by atoms with E-state index in [1.54, 1.807) is 18.2 Å². The Kier molecular flexibility index (Phi) is 4.04. The van der Waals surface area contributed by atoms with Gasteiger partial charge in [0.05, 0.1) is 11.4 Å². The van der Waals surface area contributed by atoms with E-state index in [0.29, 0.717) is 5.69 Å². The summed E-state index contributed by atoms with van der Waals surface area (Å²) in [5, 5.41) is 0. The molecule has 0 saturated heterocycles. The van der Waals surface area contributed by atoms with Gasteiger partial charge in [-0.2, -0.15) is 0 Å². The minimum absolute atomic E-state index is 0.133. The number of sulfonamides is 1. The Hall–Kier alpha value is -2.28. The van der Waals surface area contributed by atoms with E-state index in [9.17, 15) is 12.8 Å². The first-order valence-corrected chi connectivity index (χ1v) is 7.63. The topological polar surface area (TPSA) is 75.4 Å². The molecule has 2 rings (SSSR count). The molecule has 0 spiro atoms. The van der Waals surface area contributed by atoms with Gasteiger partial charge in [-0.05, 0) is 36.4 Å². The van der Waals surface area contributed by atoms with Crippen LogP contribution in [0, 0.1) is 5.82 Å². The summed E-state index contributed by atoms with van der Waals surface area (Å²) >= 11 is 0. The summed E-state index contributed by atoms with van der Waals surface area (Å²) in [7, 11) is -0.158. The smallest absolute Gasteiger partial charge is 0.263 e. The lowest BCUT2D eigenvalue weighted by Crippen LogP contribution is -2.15. The summed E-state index contributed by atoms with van der Waals surface area (Å²) in [6.07, 6.45) is 0. The third kappa shape index (κ3) is 3.43. The van der Waals surface area contributed by atoms with Crippen LogP contribution in [0.5, 0.6) is 0 Å². The van der Waals surface area contributed by atoms with Gasteiger partial charge < -0.3 is 10.6 Å². The second kappa shape index (κ2) is 5.61. The van der Waals surface area contributed by atoms with Crippen LogP contribution < -0.4 is 15.4 Å². The van der Waals surface area contributed by atoms with Crippen LogP contribution in [0.4, 0.5) is 21.5 Å². The van der Waals surface area contributed by atoms with E-state index in [4.69, 9.17) is 5.73 Å². The van der Waals surface area contributed by atoms with Crippen LogP contribution in [-0.2, 0) is 10.0 Å². The Balaban J connectivity index is 2.35. The van der Waals surface area contributed by atoms with Crippen LogP contribution in [0.25, 0.3) is 0 Å². The molecule has 0 bridgehead atoms. The fourth-order valence-corrected chi connectivity index (χ4v) is 2.99. The molecule has 0 saturated carbocycles. The van der Waals surface area contributed by atoms with Crippen molar-refractivity contribution >= 4 is 27.1 Å². The highest BCUT2D eigenvalue weighted by Gasteiger charge is 2.18. The molecule has 112 valence electrons. The highest BCUT2D eigenvalue weighted by atomic mass is 32.2. The summed E-state index contributed by atoms with van der Waals surface area (Å²) in [4.78, 5) is 1.70. The monoisotopic (exact) mass is 309 g/mol. The molecular formula is C14H16FN3O2S. The van der Waals surface area contributed by atoms with Crippen molar-refractivity contribution in [1.82, 2.24) is 0 Å². The van der Waals surface area contributed by atoms with Gasteiger partial charge in [0.1, 0.15) is 10.7 Å². The highest BCUT2D eigenvalue weighted by Crippen LogP contribution is 2.24. The van der Waals surface area contributed by atoms with Crippen molar-refractivity contribution in [2.75, 3.05) is 29.5 Å². The Bertz CT molecular complexity index is 761. The zero-order valence-electron chi connectivity index (χ0n) is 11.7. The predicted octanol–water partition coefficient (Wildman–Crippen LogP) is 2.27. The van der Waals surface area contributed by atoms with Crippen LogP contribution in [0.3, 0.4) is 0 Å². The van der Waals surface area contributed by atoms with Crippen molar-refractivity contribution in [3.8, 4) is 0 Å². The van der Waals surface area contributed by atoms with Gasteiger partial charge in [0.2, 0.25) is 0 Å². The first-order chi connectivity index (χ1) is 9.79. The maximum absolute atomic E-state index is 13.0. The van der Waals surface area contributed by atoms with Crippen molar-refractivity contribution in [3.63, 3.8) is 0 Å². The van der Waals surface area contributed by atoms with Crippen molar-refractivity contribution in [2.24, 2.45) is 0 Å². The van der Waals surface area contributed by atoms with Crippen LogP contribution >= 0.6 is 0 Å². The van der Waals surface area contributed by atoms with E-state index in [2.05, 4.69) is 4.72 Å². The number of halogens is 1. The largest absolute Gasteiger partial charge is 0.398 e. The number of rotatable bonds is 4. The Morgan fingerprint density at radius 2 is 1.86 bits per heavy atom. The standard InChI is InChI=1S/C14H16FN3O2S/c1-18(2)12-5-3-4-11(9-12)17-21(19,20)14-7-6-10(15)8-13(14)16/h3-9,17H,16H2,1-2H3. The summed E-state index contributed by atoms with van der Waals surface area (Å²) in [6.45, 7) is 0.